The number of hydrogen-bond donors (Lipinski definition) is 2. The number of halogens is 1. The molecule has 1 fully saturated rings. The number of pyridine rings is 1. The molecular formula is C22H22FN5O2. The van der Waals surface area contributed by atoms with Gasteiger partial charge in [-0.3, -0.25) is 19.7 Å². The summed E-state index contributed by atoms with van der Waals surface area (Å²) in [6, 6.07) is 13.7. The molecule has 154 valence electrons. The fourth-order valence-corrected chi connectivity index (χ4v) is 3.75. The summed E-state index contributed by atoms with van der Waals surface area (Å²) in [6.07, 6.45) is 4.03. The first-order chi connectivity index (χ1) is 14.6. The number of nitrogens with one attached hydrogen (secondary N) is 2. The van der Waals surface area contributed by atoms with Crippen molar-refractivity contribution in [3.8, 4) is 0 Å². The van der Waals surface area contributed by atoms with E-state index in [9.17, 15) is 14.0 Å². The maximum Gasteiger partial charge on any atom is 0.271 e. The summed E-state index contributed by atoms with van der Waals surface area (Å²) in [5.74, 6) is -0.759. The highest BCUT2D eigenvalue weighted by atomic mass is 19.1. The first-order valence-corrected chi connectivity index (χ1v) is 9.78. The predicted octanol–water partition coefficient (Wildman–Crippen LogP) is 1.99. The maximum atomic E-state index is 14.3. The molecule has 1 saturated heterocycles. The molecule has 0 spiro atoms. The average molecular weight is 407 g/mol. The molecule has 2 N–H and O–H groups in total. The van der Waals surface area contributed by atoms with Crippen LogP contribution in [-0.2, 0) is 17.6 Å². The number of rotatable bonds is 7. The van der Waals surface area contributed by atoms with E-state index in [0.717, 1.165) is 5.69 Å². The van der Waals surface area contributed by atoms with Gasteiger partial charge >= 0.3 is 0 Å². The number of hydrogen-bond acceptors (Lipinski definition) is 4. The molecule has 7 nitrogen and oxygen atoms in total. The Balaban J connectivity index is 1.46. The van der Waals surface area contributed by atoms with E-state index in [-0.39, 0.29) is 37.1 Å². The minimum absolute atomic E-state index is 0.185. The van der Waals surface area contributed by atoms with Gasteiger partial charge < -0.3 is 10.2 Å². The fourth-order valence-electron chi connectivity index (χ4n) is 3.75. The minimum atomic E-state index is -0.873. The summed E-state index contributed by atoms with van der Waals surface area (Å²) in [6.45, 7) is 0.854. The molecule has 8 heteroatoms. The molecule has 0 aliphatic carbocycles. The standard InChI is InChI=1S/C22H22FN5O2/c23-18-7-2-1-5-16(18)13-22(14-28(15-22)20(29)19-9-12-26-27-19)21(30)25-11-8-17-6-3-4-10-24-17/h1-7,9-10,12H,8,11,13-15H2,(H,25,30)(H,26,27). The van der Waals surface area contributed by atoms with Crippen molar-refractivity contribution < 1.29 is 14.0 Å². The van der Waals surface area contributed by atoms with Crippen molar-refractivity contribution in [1.82, 2.24) is 25.4 Å². The lowest BCUT2D eigenvalue weighted by Crippen LogP contribution is -2.65. The molecule has 0 saturated carbocycles. The molecular weight excluding hydrogens is 385 g/mol. The maximum absolute atomic E-state index is 14.3. The Hall–Kier alpha value is -3.55. The summed E-state index contributed by atoms with van der Waals surface area (Å²) in [7, 11) is 0. The zero-order chi connectivity index (χ0) is 21.0. The highest BCUT2D eigenvalue weighted by Crippen LogP contribution is 2.36. The van der Waals surface area contributed by atoms with E-state index >= 15 is 0 Å². The van der Waals surface area contributed by atoms with Crippen LogP contribution in [-0.4, -0.2) is 51.5 Å². The van der Waals surface area contributed by atoms with Gasteiger partial charge in [-0.05, 0) is 36.2 Å². The van der Waals surface area contributed by atoms with E-state index in [2.05, 4.69) is 20.5 Å². The van der Waals surface area contributed by atoms with Crippen molar-refractivity contribution in [3.05, 3.63) is 83.7 Å². The molecule has 1 aliphatic heterocycles. The average Bonchev–Trinajstić information content (AvgIpc) is 3.27. The van der Waals surface area contributed by atoms with Crippen molar-refractivity contribution in [1.29, 1.82) is 0 Å². The Bertz CT molecular complexity index is 1020. The number of H-pyrrole nitrogens is 1. The lowest BCUT2D eigenvalue weighted by atomic mass is 9.73. The minimum Gasteiger partial charge on any atom is -0.355 e. The Kier molecular flexibility index (Phi) is 5.56. The van der Waals surface area contributed by atoms with Crippen LogP contribution >= 0.6 is 0 Å². The van der Waals surface area contributed by atoms with Gasteiger partial charge in [-0.15, -0.1) is 0 Å². The molecule has 0 atom stereocenters. The molecule has 3 heterocycles. The Morgan fingerprint density at radius 2 is 1.90 bits per heavy atom. The van der Waals surface area contributed by atoms with Gasteiger partial charge in [0, 0.05) is 44.1 Å². The van der Waals surface area contributed by atoms with Crippen LogP contribution < -0.4 is 5.32 Å². The second kappa shape index (κ2) is 8.44. The molecule has 1 aliphatic rings. The van der Waals surface area contributed by atoms with Crippen molar-refractivity contribution in [2.45, 2.75) is 12.8 Å². The molecule has 30 heavy (non-hydrogen) atoms. The van der Waals surface area contributed by atoms with E-state index in [1.165, 1.54) is 12.3 Å². The van der Waals surface area contributed by atoms with Crippen LogP contribution in [0.15, 0.2) is 60.9 Å². The van der Waals surface area contributed by atoms with Crippen molar-refractivity contribution in [3.63, 3.8) is 0 Å². The third-order valence-corrected chi connectivity index (χ3v) is 5.37. The monoisotopic (exact) mass is 407 g/mol. The van der Waals surface area contributed by atoms with Gasteiger partial charge in [-0.2, -0.15) is 5.10 Å². The van der Waals surface area contributed by atoms with Gasteiger partial charge in [0.05, 0.1) is 5.41 Å². The van der Waals surface area contributed by atoms with Crippen molar-refractivity contribution in [2.75, 3.05) is 19.6 Å². The number of amides is 2. The van der Waals surface area contributed by atoms with E-state index < -0.39 is 5.41 Å². The Morgan fingerprint density at radius 3 is 2.60 bits per heavy atom. The summed E-state index contributed by atoms with van der Waals surface area (Å²) in [5.41, 5.74) is 0.837. The fraction of sp³-hybridized carbons (Fsp3) is 0.273. The lowest BCUT2D eigenvalue weighted by Gasteiger charge is -2.48. The van der Waals surface area contributed by atoms with Gasteiger partial charge in [0.15, 0.2) is 0 Å². The predicted molar refractivity (Wildman–Crippen MR) is 108 cm³/mol. The first-order valence-electron chi connectivity index (χ1n) is 9.78. The third-order valence-electron chi connectivity index (χ3n) is 5.37. The van der Waals surface area contributed by atoms with Crippen LogP contribution in [0.5, 0.6) is 0 Å². The van der Waals surface area contributed by atoms with Gasteiger partial charge in [0.25, 0.3) is 5.91 Å². The van der Waals surface area contributed by atoms with Gasteiger partial charge in [0.2, 0.25) is 5.91 Å². The highest BCUT2D eigenvalue weighted by Gasteiger charge is 2.51. The van der Waals surface area contributed by atoms with E-state index in [4.69, 9.17) is 0 Å². The molecule has 2 amide bonds. The summed E-state index contributed by atoms with van der Waals surface area (Å²) in [4.78, 5) is 31.5. The second-order valence-corrected chi connectivity index (χ2v) is 7.51. The van der Waals surface area contributed by atoms with Gasteiger partial charge in [0.1, 0.15) is 11.5 Å². The number of aromatic nitrogens is 3. The molecule has 2 aromatic heterocycles. The van der Waals surface area contributed by atoms with Gasteiger partial charge in [-0.25, -0.2) is 4.39 Å². The number of carbonyl (C=O) groups excluding carboxylic acids is 2. The zero-order valence-electron chi connectivity index (χ0n) is 16.3. The van der Waals surface area contributed by atoms with E-state index in [0.29, 0.717) is 24.2 Å². The second-order valence-electron chi connectivity index (χ2n) is 7.51. The SMILES string of the molecule is O=C(c1ccn[nH]1)N1CC(Cc2ccccc2F)(C(=O)NCCc2ccccn2)C1. The van der Waals surface area contributed by atoms with Crippen LogP contribution in [0.3, 0.4) is 0 Å². The summed E-state index contributed by atoms with van der Waals surface area (Å²) in [5, 5.41) is 9.39. The largest absolute Gasteiger partial charge is 0.355 e. The highest BCUT2D eigenvalue weighted by molar-refractivity contribution is 5.95. The number of carbonyl (C=O) groups is 2. The van der Waals surface area contributed by atoms with Crippen LogP contribution in [0, 0.1) is 11.2 Å². The Labute approximate surface area is 173 Å². The number of nitrogens with zero attached hydrogens (tertiary/aromatic N) is 3. The molecule has 0 radical (unpaired) electrons. The third kappa shape index (κ3) is 4.07. The normalized spacial score (nSPS) is 14.8. The van der Waals surface area contributed by atoms with Crippen LogP contribution in [0.25, 0.3) is 0 Å². The van der Waals surface area contributed by atoms with Crippen LogP contribution in [0.2, 0.25) is 0 Å². The molecule has 4 rings (SSSR count). The van der Waals surface area contributed by atoms with Gasteiger partial charge in [-0.1, -0.05) is 24.3 Å². The molecule has 0 bridgehead atoms. The topological polar surface area (TPSA) is 91.0 Å². The van der Waals surface area contributed by atoms with E-state index in [1.54, 1.807) is 35.4 Å². The molecule has 1 aromatic carbocycles. The van der Waals surface area contributed by atoms with E-state index in [1.807, 2.05) is 18.2 Å². The quantitative estimate of drug-likeness (QED) is 0.627. The summed E-state index contributed by atoms with van der Waals surface area (Å²) >= 11 is 0. The van der Waals surface area contributed by atoms with Crippen molar-refractivity contribution >= 4 is 11.8 Å². The number of benzene rings is 1. The lowest BCUT2D eigenvalue weighted by molar-refractivity contribution is -0.139. The number of aromatic amines is 1. The molecule has 0 unspecified atom stereocenters. The Morgan fingerprint density at radius 1 is 1.10 bits per heavy atom. The smallest absolute Gasteiger partial charge is 0.271 e. The zero-order valence-corrected chi connectivity index (χ0v) is 16.3. The first kappa shape index (κ1) is 19.8. The summed E-state index contributed by atoms with van der Waals surface area (Å²) < 4.78 is 14.3. The van der Waals surface area contributed by atoms with Crippen molar-refractivity contribution in [2.24, 2.45) is 5.41 Å². The van der Waals surface area contributed by atoms with Crippen LogP contribution in [0.4, 0.5) is 4.39 Å². The molecule has 3 aromatic rings. The number of likely N-dealkylation sites (tertiary alicyclic amines) is 1. The van der Waals surface area contributed by atoms with Crippen LogP contribution in [0.1, 0.15) is 21.7 Å².